The van der Waals surface area contributed by atoms with Gasteiger partial charge in [-0.15, -0.1) is 11.3 Å². The van der Waals surface area contributed by atoms with Crippen LogP contribution in [0.15, 0.2) is 60.1 Å². The van der Waals surface area contributed by atoms with Gasteiger partial charge < -0.3 is 15.0 Å². The highest BCUT2D eigenvalue weighted by Crippen LogP contribution is 2.23. The maximum Gasteiger partial charge on any atom is 0.337 e. The Morgan fingerprint density at radius 1 is 1.17 bits per heavy atom. The number of nitrogens with zero attached hydrogens (tertiary/aromatic N) is 2. The standard InChI is InChI=1S/C22H23N3O3S/c1-15(2)25(14-16-6-4-7-17(12-16)20-23-10-11-29-20)22(27)24-19-9-5-8-18(13-19)21(26)28-3/h4-13,15H,14H2,1-3H3,(H,24,27). The zero-order valence-electron chi connectivity index (χ0n) is 16.6. The van der Waals surface area contributed by atoms with Crippen molar-refractivity contribution in [2.24, 2.45) is 0 Å². The highest BCUT2D eigenvalue weighted by atomic mass is 32.1. The molecule has 0 saturated heterocycles. The van der Waals surface area contributed by atoms with Crippen LogP contribution in [0.25, 0.3) is 10.6 Å². The van der Waals surface area contributed by atoms with Gasteiger partial charge in [-0.1, -0.05) is 24.3 Å². The lowest BCUT2D eigenvalue weighted by molar-refractivity contribution is 0.0600. The quantitative estimate of drug-likeness (QED) is 0.579. The number of nitrogens with one attached hydrogen (secondary N) is 1. The van der Waals surface area contributed by atoms with E-state index in [0.717, 1.165) is 16.1 Å². The first kappa shape index (κ1) is 20.5. The Morgan fingerprint density at radius 2 is 1.97 bits per heavy atom. The number of hydrogen-bond donors (Lipinski definition) is 1. The van der Waals surface area contributed by atoms with Crippen LogP contribution in [0.5, 0.6) is 0 Å². The molecule has 1 heterocycles. The minimum Gasteiger partial charge on any atom is -0.465 e. The van der Waals surface area contributed by atoms with Gasteiger partial charge in [-0.25, -0.2) is 14.6 Å². The van der Waals surface area contributed by atoms with Crippen LogP contribution < -0.4 is 5.32 Å². The largest absolute Gasteiger partial charge is 0.465 e. The molecule has 0 unspecified atom stereocenters. The molecule has 0 aliphatic heterocycles. The number of methoxy groups -OCH3 is 1. The Kier molecular flexibility index (Phi) is 6.61. The summed E-state index contributed by atoms with van der Waals surface area (Å²) in [6.07, 6.45) is 1.78. The normalized spacial score (nSPS) is 10.6. The van der Waals surface area contributed by atoms with Crippen molar-refractivity contribution in [3.63, 3.8) is 0 Å². The van der Waals surface area contributed by atoms with Gasteiger partial charge in [0.15, 0.2) is 0 Å². The number of thiazole rings is 1. The van der Waals surface area contributed by atoms with Crippen LogP contribution in [-0.4, -0.2) is 35.0 Å². The number of aromatic nitrogens is 1. The highest BCUT2D eigenvalue weighted by Gasteiger charge is 2.18. The molecule has 0 aliphatic carbocycles. The Morgan fingerprint density at radius 3 is 2.66 bits per heavy atom. The van der Waals surface area contributed by atoms with Gasteiger partial charge in [0.05, 0.1) is 12.7 Å². The third kappa shape index (κ3) is 5.20. The monoisotopic (exact) mass is 409 g/mol. The Labute approximate surface area is 174 Å². The first-order valence-electron chi connectivity index (χ1n) is 9.22. The van der Waals surface area contributed by atoms with Crippen molar-refractivity contribution in [2.45, 2.75) is 26.4 Å². The lowest BCUT2D eigenvalue weighted by atomic mass is 10.1. The molecule has 0 aliphatic rings. The van der Waals surface area contributed by atoms with Crippen LogP contribution in [0.2, 0.25) is 0 Å². The molecule has 7 heteroatoms. The first-order valence-corrected chi connectivity index (χ1v) is 10.1. The van der Waals surface area contributed by atoms with E-state index in [2.05, 4.69) is 16.4 Å². The van der Waals surface area contributed by atoms with Gasteiger partial charge in [0, 0.05) is 35.4 Å². The molecule has 1 aromatic heterocycles. The number of anilines is 1. The third-order valence-corrected chi connectivity index (χ3v) is 5.20. The molecule has 2 aromatic carbocycles. The summed E-state index contributed by atoms with van der Waals surface area (Å²) in [4.78, 5) is 30.7. The fraction of sp³-hybridized carbons (Fsp3) is 0.227. The molecule has 0 bridgehead atoms. The number of hydrogen-bond acceptors (Lipinski definition) is 5. The van der Waals surface area contributed by atoms with Crippen molar-refractivity contribution in [1.82, 2.24) is 9.88 Å². The molecule has 0 atom stereocenters. The number of rotatable bonds is 6. The summed E-state index contributed by atoms with van der Waals surface area (Å²) in [7, 11) is 1.33. The van der Waals surface area contributed by atoms with Gasteiger partial charge in [-0.05, 0) is 43.7 Å². The molecule has 3 rings (SSSR count). The Hall–Kier alpha value is -3.19. The van der Waals surface area contributed by atoms with Crippen molar-refractivity contribution in [3.05, 3.63) is 71.2 Å². The van der Waals surface area contributed by atoms with Crippen molar-refractivity contribution < 1.29 is 14.3 Å². The van der Waals surface area contributed by atoms with Gasteiger partial charge in [-0.2, -0.15) is 0 Å². The molecule has 2 amide bonds. The average Bonchev–Trinajstić information content (AvgIpc) is 3.26. The van der Waals surface area contributed by atoms with Crippen molar-refractivity contribution in [1.29, 1.82) is 0 Å². The molecule has 150 valence electrons. The molecule has 0 radical (unpaired) electrons. The van der Waals surface area contributed by atoms with E-state index >= 15 is 0 Å². The van der Waals surface area contributed by atoms with Crippen LogP contribution in [0.3, 0.4) is 0 Å². The van der Waals surface area contributed by atoms with Crippen LogP contribution in [0.1, 0.15) is 29.8 Å². The lowest BCUT2D eigenvalue weighted by Crippen LogP contribution is -2.39. The predicted molar refractivity (Wildman–Crippen MR) is 115 cm³/mol. The van der Waals surface area contributed by atoms with E-state index in [1.165, 1.54) is 7.11 Å². The summed E-state index contributed by atoms with van der Waals surface area (Å²) in [6.45, 7) is 4.39. The van der Waals surface area contributed by atoms with Crippen molar-refractivity contribution >= 4 is 29.0 Å². The van der Waals surface area contributed by atoms with Crippen LogP contribution >= 0.6 is 11.3 Å². The molecule has 29 heavy (non-hydrogen) atoms. The number of esters is 1. The fourth-order valence-electron chi connectivity index (χ4n) is 2.89. The minimum atomic E-state index is -0.444. The molecule has 1 N–H and O–H groups in total. The number of carbonyl (C=O) groups excluding carboxylic acids is 2. The fourth-order valence-corrected chi connectivity index (χ4v) is 3.53. The zero-order valence-corrected chi connectivity index (χ0v) is 17.4. The minimum absolute atomic E-state index is 0.0118. The number of urea groups is 1. The number of ether oxygens (including phenoxy) is 1. The zero-order chi connectivity index (χ0) is 20.8. The van der Waals surface area contributed by atoms with E-state index in [-0.39, 0.29) is 12.1 Å². The second kappa shape index (κ2) is 9.34. The molecule has 6 nitrogen and oxygen atoms in total. The summed E-state index contributed by atoms with van der Waals surface area (Å²) in [6, 6.07) is 14.5. The molecular weight excluding hydrogens is 386 g/mol. The summed E-state index contributed by atoms with van der Waals surface area (Å²) < 4.78 is 4.74. The van der Waals surface area contributed by atoms with Gasteiger partial charge >= 0.3 is 12.0 Å². The van der Waals surface area contributed by atoms with Gasteiger partial charge in [0.25, 0.3) is 0 Å². The van der Waals surface area contributed by atoms with E-state index in [1.54, 1.807) is 46.7 Å². The third-order valence-electron chi connectivity index (χ3n) is 4.38. The second-order valence-corrected chi connectivity index (χ2v) is 7.66. The summed E-state index contributed by atoms with van der Waals surface area (Å²) >= 11 is 1.58. The summed E-state index contributed by atoms with van der Waals surface area (Å²) in [5.74, 6) is -0.444. The Bertz CT molecular complexity index is 986. The SMILES string of the molecule is COC(=O)c1cccc(NC(=O)N(Cc2cccc(-c3nccs3)c2)C(C)C)c1. The first-order chi connectivity index (χ1) is 14.0. The van der Waals surface area contributed by atoms with Crippen molar-refractivity contribution in [3.8, 4) is 10.6 Å². The Balaban J connectivity index is 1.76. The van der Waals surface area contributed by atoms with Crippen LogP contribution in [0, 0.1) is 0 Å². The van der Waals surface area contributed by atoms with Gasteiger partial charge in [0.1, 0.15) is 5.01 Å². The summed E-state index contributed by atoms with van der Waals surface area (Å²) in [5.41, 5.74) is 2.98. The lowest BCUT2D eigenvalue weighted by Gasteiger charge is -2.27. The average molecular weight is 410 g/mol. The van der Waals surface area contributed by atoms with Gasteiger partial charge in [0.2, 0.25) is 0 Å². The topological polar surface area (TPSA) is 71.5 Å². The predicted octanol–water partition coefficient (Wildman–Crippen LogP) is 5.04. The maximum atomic E-state index is 12.9. The molecule has 0 saturated carbocycles. The molecule has 0 spiro atoms. The van der Waals surface area contributed by atoms with E-state index in [4.69, 9.17) is 4.74 Å². The maximum absolute atomic E-state index is 12.9. The second-order valence-electron chi connectivity index (χ2n) is 6.76. The molecular formula is C22H23N3O3S. The number of amides is 2. The van der Waals surface area contributed by atoms with E-state index < -0.39 is 5.97 Å². The van der Waals surface area contributed by atoms with E-state index in [1.807, 2.05) is 37.4 Å². The van der Waals surface area contributed by atoms with E-state index in [9.17, 15) is 9.59 Å². The number of carbonyl (C=O) groups is 2. The van der Waals surface area contributed by atoms with Crippen LogP contribution in [0.4, 0.5) is 10.5 Å². The van der Waals surface area contributed by atoms with Crippen molar-refractivity contribution in [2.75, 3.05) is 12.4 Å². The smallest absolute Gasteiger partial charge is 0.337 e. The highest BCUT2D eigenvalue weighted by molar-refractivity contribution is 7.13. The van der Waals surface area contributed by atoms with E-state index in [0.29, 0.717) is 17.8 Å². The van der Waals surface area contributed by atoms with Crippen LogP contribution in [-0.2, 0) is 11.3 Å². The molecule has 0 fully saturated rings. The number of benzene rings is 2. The van der Waals surface area contributed by atoms with Gasteiger partial charge in [-0.3, -0.25) is 0 Å². The molecule has 3 aromatic rings. The summed E-state index contributed by atoms with van der Waals surface area (Å²) in [5, 5.41) is 5.77.